The minimum atomic E-state index is -1.49. The highest BCUT2D eigenvalue weighted by Crippen LogP contribution is 2.04. The summed E-state index contributed by atoms with van der Waals surface area (Å²) in [4.78, 5) is 10.6. The van der Waals surface area contributed by atoms with E-state index in [2.05, 4.69) is 11.3 Å². The molecule has 3 heteroatoms. The molecule has 0 saturated heterocycles. The van der Waals surface area contributed by atoms with Gasteiger partial charge in [0.15, 0.2) is 6.17 Å². The molecule has 0 fully saturated rings. The molecule has 0 radical (unpaired) electrons. The second-order valence-corrected chi connectivity index (χ2v) is 2.09. The number of hydrogen-bond donors (Lipinski definition) is 0. The number of ether oxygens (including phenoxy) is 1. The predicted molar refractivity (Wildman–Crippen MR) is 41.0 cm³/mol. The highest BCUT2D eigenvalue weighted by molar-refractivity contribution is 5.74. The lowest BCUT2D eigenvalue weighted by Gasteiger charge is -2.04. The van der Waals surface area contributed by atoms with E-state index in [9.17, 15) is 9.18 Å². The molecule has 0 rings (SSSR count). The van der Waals surface area contributed by atoms with Crippen LogP contribution < -0.4 is 0 Å². The standard InChI is InChI=1S/C8H13FO2/c1-3-5-6-7(9)8(10)11-4-2/h3,7H,1,4-6H2,2H3. The zero-order valence-corrected chi connectivity index (χ0v) is 6.68. The Balaban J connectivity index is 3.54. The summed E-state index contributed by atoms with van der Waals surface area (Å²) in [6.07, 6.45) is 0.752. The van der Waals surface area contributed by atoms with Crippen molar-refractivity contribution in [3.8, 4) is 0 Å². The molecule has 2 nitrogen and oxygen atoms in total. The average Bonchev–Trinajstić information content (AvgIpc) is 2.00. The van der Waals surface area contributed by atoms with Gasteiger partial charge in [-0.25, -0.2) is 9.18 Å². The Kier molecular flexibility index (Phi) is 5.43. The van der Waals surface area contributed by atoms with Gasteiger partial charge in [-0.3, -0.25) is 0 Å². The Morgan fingerprint density at radius 3 is 2.91 bits per heavy atom. The van der Waals surface area contributed by atoms with Crippen molar-refractivity contribution in [2.45, 2.75) is 25.9 Å². The summed E-state index contributed by atoms with van der Waals surface area (Å²) < 4.78 is 17.1. The van der Waals surface area contributed by atoms with Crippen molar-refractivity contribution in [3.05, 3.63) is 12.7 Å². The molecule has 11 heavy (non-hydrogen) atoms. The van der Waals surface area contributed by atoms with E-state index in [-0.39, 0.29) is 13.0 Å². The summed E-state index contributed by atoms with van der Waals surface area (Å²) in [6.45, 7) is 5.30. The van der Waals surface area contributed by atoms with E-state index in [1.54, 1.807) is 13.0 Å². The van der Waals surface area contributed by atoms with Crippen molar-refractivity contribution >= 4 is 5.97 Å². The molecule has 0 aromatic carbocycles. The third-order valence-electron chi connectivity index (χ3n) is 1.17. The molecule has 1 unspecified atom stereocenters. The van der Waals surface area contributed by atoms with Gasteiger partial charge in [0.1, 0.15) is 0 Å². The minimum absolute atomic E-state index is 0.169. The summed E-state index contributed by atoms with van der Waals surface area (Å²) in [5, 5.41) is 0. The molecular formula is C8H13FO2. The van der Waals surface area contributed by atoms with Crippen LogP contribution in [0.1, 0.15) is 19.8 Å². The van der Waals surface area contributed by atoms with Gasteiger partial charge in [0.2, 0.25) is 0 Å². The number of esters is 1. The van der Waals surface area contributed by atoms with Gasteiger partial charge in [0.05, 0.1) is 6.61 Å². The highest BCUT2D eigenvalue weighted by Gasteiger charge is 2.16. The average molecular weight is 160 g/mol. The molecule has 0 bridgehead atoms. The van der Waals surface area contributed by atoms with Gasteiger partial charge < -0.3 is 4.74 Å². The molecule has 64 valence electrons. The van der Waals surface area contributed by atoms with Gasteiger partial charge in [0.25, 0.3) is 0 Å². The monoisotopic (exact) mass is 160 g/mol. The topological polar surface area (TPSA) is 26.3 Å². The Bertz CT molecular complexity index is 134. The van der Waals surface area contributed by atoms with Gasteiger partial charge in [-0.2, -0.15) is 0 Å². The second kappa shape index (κ2) is 5.89. The van der Waals surface area contributed by atoms with Crippen molar-refractivity contribution in [2.75, 3.05) is 6.61 Å². The van der Waals surface area contributed by atoms with Gasteiger partial charge in [-0.1, -0.05) is 6.08 Å². The largest absolute Gasteiger partial charge is 0.464 e. The molecule has 0 N–H and O–H groups in total. The smallest absolute Gasteiger partial charge is 0.340 e. The Labute approximate surface area is 66.0 Å². The molecule has 0 amide bonds. The fourth-order valence-electron chi connectivity index (χ4n) is 0.615. The zero-order valence-electron chi connectivity index (χ0n) is 6.68. The van der Waals surface area contributed by atoms with Crippen molar-refractivity contribution in [1.29, 1.82) is 0 Å². The van der Waals surface area contributed by atoms with Crippen LogP contribution in [0.25, 0.3) is 0 Å². The molecule has 0 aliphatic rings. The van der Waals surface area contributed by atoms with E-state index in [4.69, 9.17) is 0 Å². The summed E-state index contributed by atoms with van der Waals surface area (Å²) in [5.41, 5.74) is 0. The molecular weight excluding hydrogens is 147 g/mol. The van der Waals surface area contributed by atoms with Crippen LogP contribution in [0.4, 0.5) is 4.39 Å². The number of rotatable bonds is 5. The van der Waals surface area contributed by atoms with Gasteiger partial charge in [0, 0.05) is 0 Å². The minimum Gasteiger partial charge on any atom is -0.464 e. The number of halogens is 1. The Morgan fingerprint density at radius 2 is 2.45 bits per heavy atom. The number of carbonyl (C=O) groups excluding carboxylic acids is 1. The lowest BCUT2D eigenvalue weighted by atomic mass is 10.2. The molecule has 0 spiro atoms. The van der Waals surface area contributed by atoms with Gasteiger partial charge in [-0.05, 0) is 19.8 Å². The van der Waals surface area contributed by atoms with Crippen LogP contribution >= 0.6 is 0 Å². The maximum absolute atomic E-state index is 12.6. The van der Waals surface area contributed by atoms with E-state index in [1.807, 2.05) is 0 Å². The van der Waals surface area contributed by atoms with Crippen molar-refractivity contribution < 1.29 is 13.9 Å². The van der Waals surface area contributed by atoms with E-state index in [0.717, 1.165) is 0 Å². The molecule has 0 saturated carbocycles. The third-order valence-corrected chi connectivity index (χ3v) is 1.17. The summed E-state index contributed by atoms with van der Waals surface area (Å²) >= 11 is 0. The first-order valence-electron chi connectivity index (χ1n) is 3.64. The first-order valence-corrected chi connectivity index (χ1v) is 3.64. The third kappa shape index (κ3) is 4.53. The number of allylic oxidation sites excluding steroid dienone is 1. The number of alkyl halides is 1. The van der Waals surface area contributed by atoms with E-state index in [0.29, 0.717) is 6.42 Å². The molecule has 0 aliphatic heterocycles. The first-order chi connectivity index (χ1) is 5.22. The fourth-order valence-corrected chi connectivity index (χ4v) is 0.615. The van der Waals surface area contributed by atoms with Crippen molar-refractivity contribution in [2.24, 2.45) is 0 Å². The zero-order chi connectivity index (χ0) is 8.69. The van der Waals surface area contributed by atoms with E-state index < -0.39 is 12.1 Å². The van der Waals surface area contributed by atoms with Gasteiger partial charge >= 0.3 is 5.97 Å². The number of hydrogen-bond acceptors (Lipinski definition) is 2. The predicted octanol–water partition coefficient (Wildman–Crippen LogP) is 1.85. The quantitative estimate of drug-likeness (QED) is 0.453. The summed E-state index contributed by atoms with van der Waals surface area (Å²) in [6, 6.07) is 0. The van der Waals surface area contributed by atoms with Crippen LogP contribution in [0.15, 0.2) is 12.7 Å². The lowest BCUT2D eigenvalue weighted by molar-refractivity contribution is -0.149. The maximum atomic E-state index is 12.6. The summed E-state index contributed by atoms with van der Waals surface area (Å²) in [7, 11) is 0. The Hall–Kier alpha value is -0.860. The van der Waals surface area contributed by atoms with Crippen LogP contribution in [0.2, 0.25) is 0 Å². The molecule has 0 aliphatic carbocycles. The highest BCUT2D eigenvalue weighted by atomic mass is 19.1. The maximum Gasteiger partial charge on any atom is 0.340 e. The second-order valence-electron chi connectivity index (χ2n) is 2.09. The van der Waals surface area contributed by atoms with E-state index in [1.165, 1.54) is 0 Å². The van der Waals surface area contributed by atoms with Crippen LogP contribution in [0.3, 0.4) is 0 Å². The lowest BCUT2D eigenvalue weighted by Crippen LogP contribution is -2.18. The van der Waals surface area contributed by atoms with E-state index >= 15 is 0 Å². The fraction of sp³-hybridized carbons (Fsp3) is 0.625. The Morgan fingerprint density at radius 1 is 1.82 bits per heavy atom. The normalized spacial score (nSPS) is 12.2. The van der Waals surface area contributed by atoms with Crippen molar-refractivity contribution in [1.82, 2.24) is 0 Å². The SMILES string of the molecule is C=CCCC(F)C(=O)OCC. The van der Waals surface area contributed by atoms with Gasteiger partial charge in [-0.15, -0.1) is 6.58 Å². The molecule has 0 aromatic rings. The van der Waals surface area contributed by atoms with Crippen LogP contribution in [-0.4, -0.2) is 18.7 Å². The summed E-state index contributed by atoms with van der Waals surface area (Å²) in [5.74, 6) is -0.769. The number of carbonyl (C=O) groups is 1. The molecule has 0 aromatic heterocycles. The molecule has 0 heterocycles. The van der Waals surface area contributed by atoms with Crippen LogP contribution in [-0.2, 0) is 9.53 Å². The van der Waals surface area contributed by atoms with Crippen LogP contribution in [0, 0.1) is 0 Å². The van der Waals surface area contributed by atoms with Crippen molar-refractivity contribution in [3.63, 3.8) is 0 Å². The molecule has 1 atom stereocenters. The van der Waals surface area contributed by atoms with Crippen LogP contribution in [0.5, 0.6) is 0 Å². The first kappa shape index (κ1) is 10.1.